The Bertz CT molecular complexity index is 661. The van der Waals surface area contributed by atoms with E-state index in [1.54, 1.807) is 41.3 Å². The zero-order valence-electron chi connectivity index (χ0n) is 13.9. The average molecular weight is 330 g/mol. The molecule has 1 aromatic heterocycles. The molecule has 2 aromatic rings. The molecular formula is C18H22N2O4. The number of amides is 2. The van der Waals surface area contributed by atoms with Gasteiger partial charge in [0.1, 0.15) is 11.9 Å². The summed E-state index contributed by atoms with van der Waals surface area (Å²) in [5, 5.41) is 12.5. The number of nitrogens with zero attached hydrogens (tertiary/aromatic N) is 1. The standard InChI is InChI=1S/C18H22N2O4/c1-3-20(4-2)18(23)14-9-7-13(8-10-14)17(22)19-12-15(21)16-6-5-11-24-16/h5-11,15,21H,3-4,12H2,1-2H3,(H,19,22). The molecule has 1 heterocycles. The lowest BCUT2D eigenvalue weighted by Crippen LogP contribution is -2.30. The predicted octanol–water partition coefficient (Wildman–Crippen LogP) is 2.23. The molecule has 0 aliphatic rings. The van der Waals surface area contributed by atoms with Gasteiger partial charge in [0.15, 0.2) is 0 Å². The number of aliphatic hydroxyl groups excluding tert-OH is 1. The third kappa shape index (κ3) is 4.23. The van der Waals surface area contributed by atoms with Crippen LogP contribution in [0.4, 0.5) is 0 Å². The number of nitrogens with one attached hydrogen (secondary N) is 1. The lowest BCUT2D eigenvalue weighted by molar-refractivity contribution is 0.0772. The monoisotopic (exact) mass is 330 g/mol. The molecule has 2 N–H and O–H groups in total. The minimum absolute atomic E-state index is 0.0481. The highest BCUT2D eigenvalue weighted by atomic mass is 16.4. The molecule has 1 aromatic carbocycles. The molecule has 24 heavy (non-hydrogen) atoms. The van der Waals surface area contributed by atoms with Crippen LogP contribution in [0.1, 0.15) is 46.4 Å². The predicted molar refractivity (Wildman–Crippen MR) is 89.7 cm³/mol. The summed E-state index contributed by atoms with van der Waals surface area (Å²) >= 11 is 0. The van der Waals surface area contributed by atoms with Crippen LogP contribution in [0.15, 0.2) is 47.1 Å². The molecule has 1 unspecified atom stereocenters. The molecule has 0 aliphatic heterocycles. The zero-order chi connectivity index (χ0) is 17.5. The van der Waals surface area contributed by atoms with Crippen molar-refractivity contribution in [3.63, 3.8) is 0 Å². The van der Waals surface area contributed by atoms with Gasteiger partial charge in [-0.25, -0.2) is 0 Å². The van der Waals surface area contributed by atoms with Gasteiger partial charge >= 0.3 is 0 Å². The average Bonchev–Trinajstić information content (AvgIpc) is 3.15. The summed E-state index contributed by atoms with van der Waals surface area (Å²) in [6.45, 7) is 5.18. The summed E-state index contributed by atoms with van der Waals surface area (Å²) in [7, 11) is 0. The molecule has 0 bridgehead atoms. The number of benzene rings is 1. The number of hydrogen-bond acceptors (Lipinski definition) is 4. The Morgan fingerprint density at radius 3 is 2.29 bits per heavy atom. The minimum Gasteiger partial charge on any atom is -0.467 e. The highest BCUT2D eigenvalue weighted by Crippen LogP contribution is 2.12. The van der Waals surface area contributed by atoms with Crippen LogP contribution in [0.25, 0.3) is 0 Å². The van der Waals surface area contributed by atoms with Crippen LogP contribution in [0, 0.1) is 0 Å². The van der Waals surface area contributed by atoms with Crippen molar-refractivity contribution in [3.8, 4) is 0 Å². The van der Waals surface area contributed by atoms with Gasteiger partial charge in [-0.3, -0.25) is 9.59 Å². The van der Waals surface area contributed by atoms with Gasteiger partial charge in [0.05, 0.1) is 12.8 Å². The lowest BCUT2D eigenvalue weighted by atomic mass is 10.1. The van der Waals surface area contributed by atoms with E-state index in [2.05, 4.69) is 5.32 Å². The molecular weight excluding hydrogens is 308 g/mol. The highest BCUT2D eigenvalue weighted by Gasteiger charge is 2.15. The smallest absolute Gasteiger partial charge is 0.253 e. The van der Waals surface area contributed by atoms with E-state index in [9.17, 15) is 14.7 Å². The van der Waals surface area contributed by atoms with Crippen molar-refractivity contribution in [2.75, 3.05) is 19.6 Å². The fourth-order valence-electron chi connectivity index (χ4n) is 2.33. The van der Waals surface area contributed by atoms with E-state index < -0.39 is 6.10 Å². The molecule has 0 spiro atoms. The van der Waals surface area contributed by atoms with Crippen LogP contribution >= 0.6 is 0 Å². The topological polar surface area (TPSA) is 82.8 Å². The fourth-order valence-corrected chi connectivity index (χ4v) is 2.33. The third-order valence-corrected chi connectivity index (χ3v) is 3.77. The summed E-state index contributed by atoms with van der Waals surface area (Å²) in [4.78, 5) is 26.0. The van der Waals surface area contributed by atoms with E-state index in [0.29, 0.717) is 30.0 Å². The number of hydrogen-bond donors (Lipinski definition) is 2. The second kappa shape index (κ2) is 8.31. The second-order valence-electron chi connectivity index (χ2n) is 5.30. The van der Waals surface area contributed by atoms with E-state index in [1.807, 2.05) is 13.8 Å². The van der Waals surface area contributed by atoms with Crippen LogP contribution < -0.4 is 5.32 Å². The second-order valence-corrected chi connectivity index (χ2v) is 5.30. The first-order valence-electron chi connectivity index (χ1n) is 7.95. The van der Waals surface area contributed by atoms with E-state index in [-0.39, 0.29) is 18.4 Å². The molecule has 2 amide bonds. The Morgan fingerprint density at radius 1 is 1.12 bits per heavy atom. The Hall–Kier alpha value is -2.60. The summed E-state index contributed by atoms with van der Waals surface area (Å²) in [6.07, 6.45) is 0.568. The molecule has 0 aliphatic carbocycles. The van der Waals surface area contributed by atoms with E-state index >= 15 is 0 Å². The molecule has 0 saturated heterocycles. The molecule has 2 rings (SSSR count). The fraction of sp³-hybridized carbons (Fsp3) is 0.333. The molecule has 0 radical (unpaired) electrons. The first-order valence-corrected chi connectivity index (χ1v) is 7.95. The minimum atomic E-state index is -0.896. The Labute approximate surface area is 141 Å². The third-order valence-electron chi connectivity index (χ3n) is 3.77. The van der Waals surface area contributed by atoms with E-state index in [1.165, 1.54) is 6.26 Å². The maximum atomic E-state index is 12.2. The van der Waals surface area contributed by atoms with Crippen molar-refractivity contribution in [2.45, 2.75) is 20.0 Å². The molecule has 128 valence electrons. The quantitative estimate of drug-likeness (QED) is 0.815. The van der Waals surface area contributed by atoms with Crippen molar-refractivity contribution in [2.24, 2.45) is 0 Å². The first-order chi connectivity index (χ1) is 11.6. The maximum absolute atomic E-state index is 12.2. The Morgan fingerprint density at radius 2 is 1.75 bits per heavy atom. The van der Waals surface area contributed by atoms with E-state index in [0.717, 1.165) is 0 Å². The van der Waals surface area contributed by atoms with Crippen molar-refractivity contribution in [1.29, 1.82) is 0 Å². The maximum Gasteiger partial charge on any atom is 0.253 e. The van der Waals surface area contributed by atoms with Crippen LogP contribution in [-0.2, 0) is 0 Å². The number of aliphatic hydroxyl groups is 1. The van der Waals surface area contributed by atoms with Crippen molar-refractivity contribution in [1.82, 2.24) is 10.2 Å². The lowest BCUT2D eigenvalue weighted by Gasteiger charge is -2.18. The SMILES string of the molecule is CCN(CC)C(=O)c1ccc(C(=O)NCC(O)c2ccco2)cc1. The van der Waals surface area contributed by atoms with Gasteiger partial charge in [-0.1, -0.05) is 0 Å². The molecule has 0 saturated carbocycles. The van der Waals surface area contributed by atoms with Gasteiger partial charge in [-0.05, 0) is 50.2 Å². The number of furan rings is 1. The van der Waals surface area contributed by atoms with Gasteiger partial charge in [0.25, 0.3) is 11.8 Å². The summed E-state index contributed by atoms with van der Waals surface area (Å²) in [6, 6.07) is 9.80. The van der Waals surface area contributed by atoms with Gasteiger partial charge in [-0.2, -0.15) is 0 Å². The number of carbonyl (C=O) groups is 2. The highest BCUT2D eigenvalue weighted by molar-refractivity contribution is 5.97. The molecule has 6 nitrogen and oxygen atoms in total. The molecule has 0 fully saturated rings. The van der Waals surface area contributed by atoms with Gasteiger partial charge in [0, 0.05) is 24.2 Å². The van der Waals surface area contributed by atoms with Crippen molar-refractivity contribution < 1.29 is 19.1 Å². The normalized spacial score (nSPS) is 11.8. The number of carbonyl (C=O) groups excluding carboxylic acids is 2. The van der Waals surface area contributed by atoms with Crippen molar-refractivity contribution in [3.05, 3.63) is 59.5 Å². The Kier molecular flexibility index (Phi) is 6.14. The molecule has 6 heteroatoms. The summed E-state index contributed by atoms with van der Waals surface area (Å²) in [5.41, 5.74) is 0.976. The largest absolute Gasteiger partial charge is 0.467 e. The summed E-state index contributed by atoms with van der Waals surface area (Å²) < 4.78 is 5.08. The zero-order valence-corrected chi connectivity index (χ0v) is 13.9. The summed E-state index contributed by atoms with van der Waals surface area (Å²) in [5.74, 6) is 0.0260. The molecule has 1 atom stereocenters. The van der Waals surface area contributed by atoms with Gasteiger partial charge in [-0.15, -0.1) is 0 Å². The first kappa shape index (κ1) is 17.7. The van der Waals surface area contributed by atoms with Crippen LogP contribution in [0.2, 0.25) is 0 Å². The Balaban J connectivity index is 1.95. The van der Waals surface area contributed by atoms with E-state index in [4.69, 9.17) is 4.42 Å². The van der Waals surface area contributed by atoms with Crippen LogP contribution in [0.3, 0.4) is 0 Å². The van der Waals surface area contributed by atoms with Gasteiger partial charge in [0.2, 0.25) is 0 Å². The van der Waals surface area contributed by atoms with Crippen molar-refractivity contribution >= 4 is 11.8 Å². The van der Waals surface area contributed by atoms with Crippen LogP contribution in [-0.4, -0.2) is 41.5 Å². The van der Waals surface area contributed by atoms with Crippen LogP contribution in [0.5, 0.6) is 0 Å². The number of rotatable bonds is 7. The van der Waals surface area contributed by atoms with Gasteiger partial charge < -0.3 is 19.7 Å².